The summed E-state index contributed by atoms with van der Waals surface area (Å²) in [6, 6.07) is 0. The highest BCUT2D eigenvalue weighted by Crippen LogP contribution is 2.44. The number of hydrogen-bond acceptors (Lipinski definition) is 1. The van der Waals surface area contributed by atoms with Crippen molar-refractivity contribution in [1.29, 1.82) is 0 Å². The van der Waals surface area contributed by atoms with Crippen molar-refractivity contribution in [2.24, 2.45) is 29.1 Å². The third kappa shape index (κ3) is 4.91. The molecular formula is C17H35N. The molecule has 0 aromatic rings. The summed E-state index contributed by atoms with van der Waals surface area (Å²) >= 11 is 0. The normalized spacial score (nSPS) is 29.8. The lowest BCUT2D eigenvalue weighted by atomic mass is 9.63. The SMILES string of the molecule is CCC1CCC(CNCC(C)C)C(C(C)(C)C)C1. The molecular weight excluding hydrogens is 218 g/mol. The van der Waals surface area contributed by atoms with E-state index in [9.17, 15) is 0 Å². The Morgan fingerprint density at radius 2 is 1.83 bits per heavy atom. The first-order chi connectivity index (χ1) is 8.34. The zero-order chi connectivity index (χ0) is 13.8. The Morgan fingerprint density at radius 1 is 1.17 bits per heavy atom. The molecule has 3 atom stereocenters. The van der Waals surface area contributed by atoms with E-state index in [1.54, 1.807) is 0 Å². The summed E-state index contributed by atoms with van der Waals surface area (Å²) < 4.78 is 0. The zero-order valence-corrected chi connectivity index (χ0v) is 13.6. The van der Waals surface area contributed by atoms with Crippen molar-refractivity contribution in [1.82, 2.24) is 5.32 Å². The second-order valence-corrected chi connectivity index (χ2v) is 7.87. The summed E-state index contributed by atoms with van der Waals surface area (Å²) in [5.74, 6) is 3.54. The smallest absolute Gasteiger partial charge is 0.00176 e. The van der Waals surface area contributed by atoms with Gasteiger partial charge in [-0.25, -0.2) is 0 Å². The van der Waals surface area contributed by atoms with Gasteiger partial charge in [-0.15, -0.1) is 0 Å². The number of hydrogen-bond donors (Lipinski definition) is 1. The zero-order valence-electron chi connectivity index (χ0n) is 13.6. The first-order valence-corrected chi connectivity index (χ1v) is 8.05. The van der Waals surface area contributed by atoms with Gasteiger partial charge in [0.25, 0.3) is 0 Å². The quantitative estimate of drug-likeness (QED) is 0.747. The van der Waals surface area contributed by atoms with Crippen molar-refractivity contribution < 1.29 is 0 Å². The first kappa shape index (κ1) is 16.0. The van der Waals surface area contributed by atoms with E-state index >= 15 is 0 Å². The van der Waals surface area contributed by atoms with Crippen LogP contribution in [0.4, 0.5) is 0 Å². The topological polar surface area (TPSA) is 12.0 Å². The van der Waals surface area contributed by atoms with Crippen LogP contribution in [0.3, 0.4) is 0 Å². The Balaban J connectivity index is 2.53. The van der Waals surface area contributed by atoms with Crippen LogP contribution in [0.1, 0.15) is 67.2 Å². The second-order valence-electron chi connectivity index (χ2n) is 7.87. The molecule has 1 N–H and O–H groups in total. The minimum Gasteiger partial charge on any atom is -0.316 e. The lowest BCUT2D eigenvalue weighted by Gasteiger charge is -2.43. The van der Waals surface area contributed by atoms with E-state index in [0.29, 0.717) is 5.41 Å². The van der Waals surface area contributed by atoms with Gasteiger partial charge in [0.15, 0.2) is 0 Å². The van der Waals surface area contributed by atoms with Crippen molar-refractivity contribution in [2.45, 2.75) is 67.2 Å². The Kier molecular flexibility index (Phi) is 6.17. The average molecular weight is 253 g/mol. The van der Waals surface area contributed by atoms with Gasteiger partial charge < -0.3 is 5.32 Å². The van der Waals surface area contributed by atoms with E-state index in [0.717, 1.165) is 23.7 Å². The van der Waals surface area contributed by atoms with Crippen LogP contribution >= 0.6 is 0 Å². The van der Waals surface area contributed by atoms with E-state index in [2.05, 4.69) is 46.9 Å². The summed E-state index contributed by atoms with van der Waals surface area (Å²) in [5.41, 5.74) is 0.470. The van der Waals surface area contributed by atoms with Crippen LogP contribution < -0.4 is 5.32 Å². The fourth-order valence-corrected chi connectivity index (χ4v) is 3.55. The van der Waals surface area contributed by atoms with Crippen molar-refractivity contribution in [2.75, 3.05) is 13.1 Å². The molecule has 0 amide bonds. The van der Waals surface area contributed by atoms with Gasteiger partial charge in [-0.1, -0.05) is 54.4 Å². The lowest BCUT2D eigenvalue weighted by molar-refractivity contribution is 0.0738. The van der Waals surface area contributed by atoms with Crippen molar-refractivity contribution in [3.63, 3.8) is 0 Å². The molecule has 108 valence electrons. The largest absolute Gasteiger partial charge is 0.316 e. The van der Waals surface area contributed by atoms with Gasteiger partial charge in [-0.05, 0) is 55.0 Å². The maximum absolute atomic E-state index is 3.69. The molecule has 0 saturated heterocycles. The van der Waals surface area contributed by atoms with Crippen LogP contribution in [-0.2, 0) is 0 Å². The predicted octanol–water partition coefficient (Wildman–Crippen LogP) is 4.72. The maximum Gasteiger partial charge on any atom is -0.00176 e. The number of nitrogens with one attached hydrogen (secondary N) is 1. The van der Waals surface area contributed by atoms with Crippen LogP contribution in [0.2, 0.25) is 0 Å². The van der Waals surface area contributed by atoms with Crippen molar-refractivity contribution in [3.8, 4) is 0 Å². The minimum absolute atomic E-state index is 0.470. The Labute approximate surface area is 115 Å². The van der Waals surface area contributed by atoms with Crippen LogP contribution in [-0.4, -0.2) is 13.1 Å². The highest BCUT2D eigenvalue weighted by molar-refractivity contribution is 4.87. The average Bonchev–Trinajstić information content (AvgIpc) is 2.27. The van der Waals surface area contributed by atoms with E-state index in [-0.39, 0.29) is 0 Å². The van der Waals surface area contributed by atoms with Crippen molar-refractivity contribution in [3.05, 3.63) is 0 Å². The summed E-state index contributed by atoms with van der Waals surface area (Å²) in [6.07, 6.45) is 5.72. The van der Waals surface area contributed by atoms with E-state index < -0.39 is 0 Å². The minimum atomic E-state index is 0.470. The van der Waals surface area contributed by atoms with Gasteiger partial charge in [0, 0.05) is 0 Å². The molecule has 0 aromatic carbocycles. The van der Waals surface area contributed by atoms with Gasteiger partial charge in [-0.3, -0.25) is 0 Å². The molecule has 1 heteroatoms. The Bertz CT molecular complexity index is 226. The molecule has 1 aliphatic rings. The summed E-state index contributed by atoms with van der Waals surface area (Å²) in [7, 11) is 0. The van der Waals surface area contributed by atoms with Crippen molar-refractivity contribution >= 4 is 0 Å². The van der Waals surface area contributed by atoms with Crippen LogP contribution in [0.15, 0.2) is 0 Å². The summed E-state index contributed by atoms with van der Waals surface area (Å²) in [4.78, 5) is 0. The van der Waals surface area contributed by atoms with E-state index in [4.69, 9.17) is 0 Å². The molecule has 0 aromatic heterocycles. The third-order valence-electron chi connectivity index (χ3n) is 4.75. The lowest BCUT2D eigenvalue weighted by Crippen LogP contribution is -2.40. The van der Waals surface area contributed by atoms with Crippen LogP contribution in [0.25, 0.3) is 0 Å². The molecule has 0 radical (unpaired) electrons. The Morgan fingerprint density at radius 3 is 2.33 bits per heavy atom. The maximum atomic E-state index is 3.69. The van der Waals surface area contributed by atoms with Gasteiger partial charge in [0.2, 0.25) is 0 Å². The third-order valence-corrected chi connectivity index (χ3v) is 4.75. The van der Waals surface area contributed by atoms with Crippen LogP contribution in [0.5, 0.6) is 0 Å². The highest BCUT2D eigenvalue weighted by Gasteiger charge is 2.36. The van der Waals surface area contributed by atoms with E-state index in [1.165, 1.54) is 38.8 Å². The van der Waals surface area contributed by atoms with E-state index in [1.807, 2.05) is 0 Å². The second kappa shape index (κ2) is 6.93. The van der Waals surface area contributed by atoms with Gasteiger partial charge in [0.1, 0.15) is 0 Å². The number of rotatable bonds is 5. The molecule has 1 saturated carbocycles. The fraction of sp³-hybridized carbons (Fsp3) is 1.00. The Hall–Kier alpha value is -0.0400. The highest BCUT2D eigenvalue weighted by atomic mass is 14.9. The molecule has 1 fully saturated rings. The van der Waals surface area contributed by atoms with Gasteiger partial charge in [0.05, 0.1) is 0 Å². The molecule has 1 rings (SSSR count). The molecule has 0 heterocycles. The van der Waals surface area contributed by atoms with Crippen LogP contribution in [0, 0.1) is 29.1 Å². The molecule has 0 bridgehead atoms. The van der Waals surface area contributed by atoms with Gasteiger partial charge in [-0.2, -0.15) is 0 Å². The molecule has 0 aliphatic heterocycles. The standard InChI is InChI=1S/C17H35N/c1-7-14-8-9-15(12-18-11-13(2)3)16(10-14)17(4,5)6/h13-16,18H,7-12H2,1-6H3. The first-order valence-electron chi connectivity index (χ1n) is 8.05. The molecule has 3 unspecified atom stereocenters. The predicted molar refractivity (Wildman–Crippen MR) is 81.8 cm³/mol. The summed E-state index contributed by atoms with van der Waals surface area (Å²) in [6.45, 7) is 16.7. The molecule has 18 heavy (non-hydrogen) atoms. The molecule has 1 nitrogen and oxygen atoms in total. The van der Waals surface area contributed by atoms with Gasteiger partial charge >= 0.3 is 0 Å². The monoisotopic (exact) mass is 253 g/mol. The molecule has 1 aliphatic carbocycles. The fourth-order valence-electron chi connectivity index (χ4n) is 3.55. The molecule has 0 spiro atoms. The summed E-state index contributed by atoms with van der Waals surface area (Å²) in [5, 5.41) is 3.69.